The molecule has 0 radical (unpaired) electrons. The fraction of sp³-hybridized carbons (Fsp3) is 0.318. The Morgan fingerprint density at radius 2 is 1.93 bits per heavy atom. The summed E-state index contributed by atoms with van der Waals surface area (Å²) < 4.78 is 13.1. The minimum absolute atomic E-state index is 0.0977. The lowest BCUT2D eigenvalue weighted by molar-refractivity contribution is -0.129. The van der Waals surface area contributed by atoms with Crippen LogP contribution in [0.15, 0.2) is 60.0 Å². The van der Waals surface area contributed by atoms with Gasteiger partial charge in [-0.2, -0.15) is 0 Å². The Bertz CT molecular complexity index is 892. The lowest BCUT2D eigenvalue weighted by Gasteiger charge is -2.26. The Hall–Kier alpha value is -3.02. The number of aliphatic hydroxyl groups is 1. The highest BCUT2D eigenvalue weighted by Gasteiger charge is 2.43. The molecular formula is C22H23FN2O3. The van der Waals surface area contributed by atoms with E-state index in [1.54, 1.807) is 36.5 Å². The van der Waals surface area contributed by atoms with Gasteiger partial charge in [0.25, 0.3) is 5.91 Å². The number of benzene rings is 1. The number of rotatable bonds is 7. The van der Waals surface area contributed by atoms with Crippen LogP contribution in [0, 0.1) is 11.7 Å². The van der Waals surface area contributed by atoms with Gasteiger partial charge in [-0.05, 0) is 42.2 Å². The number of amides is 1. The van der Waals surface area contributed by atoms with E-state index in [9.17, 15) is 19.1 Å². The van der Waals surface area contributed by atoms with Crippen LogP contribution in [0.5, 0.6) is 0 Å². The second-order valence-corrected chi connectivity index (χ2v) is 7.32. The van der Waals surface area contributed by atoms with Crippen LogP contribution < -0.4 is 0 Å². The van der Waals surface area contributed by atoms with Crippen LogP contribution >= 0.6 is 0 Å². The van der Waals surface area contributed by atoms with Gasteiger partial charge in [-0.15, -0.1) is 0 Å². The molecule has 1 amide bonds. The number of aromatic nitrogens is 1. The van der Waals surface area contributed by atoms with Crippen molar-refractivity contribution in [2.45, 2.75) is 32.7 Å². The minimum Gasteiger partial charge on any atom is -0.503 e. The average Bonchev–Trinajstić information content (AvgIpc) is 2.92. The molecule has 1 atom stereocenters. The molecule has 1 aromatic carbocycles. The fourth-order valence-electron chi connectivity index (χ4n) is 3.40. The molecule has 2 aromatic rings. The van der Waals surface area contributed by atoms with E-state index >= 15 is 0 Å². The number of hydrogen-bond donors (Lipinski definition) is 1. The van der Waals surface area contributed by atoms with Crippen molar-refractivity contribution in [3.05, 3.63) is 77.1 Å². The molecule has 1 aromatic heterocycles. The van der Waals surface area contributed by atoms with Crippen molar-refractivity contribution in [1.82, 2.24) is 9.88 Å². The molecule has 0 aliphatic carbocycles. The Morgan fingerprint density at radius 3 is 2.54 bits per heavy atom. The highest BCUT2D eigenvalue weighted by molar-refractivity contribution is 6.08. The summed E-state index contributed by atoms with van der Waals surface area (Å²) in [4.78, 5) is 31.3. The molecular weight excluding hydrogens is 359 g/mol. The molecule has 5 nitrogen and oxygen atoms in total. The fourth-order valence-corrected chi connectivity index (χ4v) is 3.40. The summed E-state index contributed by atoms with van der Waals surface area (Å²) in [5, 5.41) is 10.5. The number of aliphatic hydroxyl groups excluding tert-OH is 1. The van der Waals surface area contributed by atoms with E-state index in [0.29, 0.717) is 12.1 Å². The van der Waals surface area contributed by atoms with Gasteiger partial charge in [0.2, 0.25) is 0 Å². The van der Waals surface area contributed by atoms with Crippen LogP contribution in [0.2, 0.25) is 0 Å². The maximum absolute atomic E-state index is 13.1. The molecule has 1 N–H and O–H groups in total. The molecule has 2 heterocycles. The third-order valence-corrected chi connectivity index (χ3v) is 4.72. The zero-order valence-corrected chi connectivity index (χ0v) is 15.9. The Balaban J connectivity index is 1.91. The van der Waals surface area contributed by atoms with Crippen molar-refractivity contribution in [3.8, 4) is 0 Å². The summed E-state index contributed by atoms with van der Waals surface area (Å²) in [5.74, 6) is -1.56. The van der Waals surface area contributed by atoms with E-state index in [1.807, 2.05) is 13.8 Å². The maximum Gasteiger partial charge on any atom is 0.290 e. The number of ketones is 1. The van der Waals surface area contributed by atoms with Crippen molar-refractivity contribution < 1.29 is 19.1 Å². The Morgan fingerprint density at radius 1 is 1.21 bits per heavy atom. The first kappa shape index (κ1) is 19.7. The molecule has 1 aliphatic heterocycles. The molecule has 146 valence electrons. The smallest absolute Gasteiger partial charge is 0.290 e. The zero-order chi connectivity index (χ0) is 20.3. The van der Waals surface area contributed by atoms with E-state index in [1.165, 1.54) is 17.0 Å². The lowest BCUT2D eigenvalue weighted by Crippen LogP contribution is -2.33. The van der Waals surface area contributed by atoms with Crippen LogP contribution in [-0.4, -0.2) is 33.2 Å². The van der Waals surface area contributed by atoms with Crippen LogP contribution in [0.1, 0.15) is 37.6 Å². The molecule has 1 unspecified atom stereocenters. The highest BCUT2D eigenvalue weighted by atomic mass is 19.1. The number of hydrogen-bond acceptors (Lipinski definition) is 4. The molecule has 0 bridgehead atoms. The molecule has 0 spiro atoms. The van der Waals surface area contributed by atoms with Crippen molar-refractivity contribution >= 4 is 11.7 Å². The number of pyridine rings is 1. The van der Waals surface area contributed by atoms with Crippen molar-refractivity contribution in [3.63, 3.8) is 0 Å². The molecule has 0 saturated carbocycles. The van der Waals surface area contributed by atoms with E-state index in [4.69, 9.17) is 0 Å². The molecule has 3 rings (SSSR count). The predicted molar refractivity (Wildman–Crippen MR) is 103 cm³/mol. The van der Waals surface area contributed by atoms with Crippen LogP contribution in [-0.2, 0) is 16.0 Å². The number of Topliss-reactive ketones (excluding diaryl/α,β-unsaturated/α-hetero) is 1. The largest absolute Gasteiger partial charge is 0.503 e. The van der Waals surface area contributed by atoms with E-state index < -0.39 is 17.7 Å². The first-order chi connectivity index (χ1) is 13.4. The van der Waals surface area contributed by atoms with Gasteiger partial charge in [0, 0.05) is 19.2 Å². The average molecular weight is 382 g/mol. The molecule has 0 saturated heterocycles. The summed E-state index contributed by atoms with van der Waals surface area (Å²) in [7, 11) is 0. The zero-order valence-electron chi connectivity index (χ0n) is 15.9. The number of carbonyl (C=O) groups is 2. The van der Waals surface area contributed by atoms with Crippen molar-refractivity contribution in [2.75, 3.05) is 6.54 Å². The number of carbonyl (C=O) groups excluding carboxylic acids is 2. The van der Waals surface area contributed by atoms with Gasteiger partial charge in [-0.1, -0.05) is 32.0 Å². The topological polar surface area (TPSA) is 70.5 Å². The van der Waals surface area contributed by atoms with Crippen LogP contribution in [0.4, 0.5) is 4.39 Å². The van der Waals surface area contributed by atoms with E-state index in [0.717, 1.165) is 5.56 Å². The van der Waals surface area contributed by atoms with Gasteiger partial charge in [0.05, 0.1) is 11.3 Å². The Kier molecular flexibility index (Phi) is 5.87. The SMILES string of the molecule is CC(C)CC(=O)C1=C(O)C(=O)N(CCc2ccc(F)cc2)C1c1ccccn1. The summed E-state index contributed by atoms with van der Waals surface area (Å²) >= 11 is 0. The van der Waals surface area contributed by atoms with Gasteiger partial charge >= 0.3 is 0 Å². The molecule has 28 heavy (non-hydrogen) atoms. The van der Waals surface area contributed by atoms with E-state index in [2.05, 4.69) is 4.98 Å². The van der Waals surface area contributed by atoms with Crippen LogP contribution in [0.25, 0.3) is 0 Å². The van der Waals surface area contributed by atoms with Gasteiger partial charge < -0.3 is 10.0 Å². The Labute approximate surface area is 163 Å². The first-order valence-electron chi connectivity index (χ1n) is 9.31. The monoisotopic (exact) mass is 382 g/mol. The van der Waals surface area contributed by atoms with Crippen LogP contribution in [0.3, 0.4) is 0 Å². The van der Waals surface area contributed by atoms with Gasteiger partial charge in [0.1, 0.15) is 11.9 Å². The predicted octanol–water partition coefficient (Wildman–Crippen LogP) is 3.77. The normalized spacial score (nSPS) is 16.9. The molecule has 0 fully saturated rings. The van der Waals surface area contributed by atoms with Crippen molar-refractivity contribution in [2.24, 2.45) is 5.92 Å². The third kappa shape index (κ3) is 4.11. The second-order valence-electron chi connectivity index (χ2n) is 7.32. The van der Waals surface area contributed by atoms with Gasteiger partial charge in [-0.3, -0.25) is 14.6 Å². The minimum atomic E-state index is -0.722. The first-order valence-corrected chi connectivity index (χ1v) is 9.31. The standard InChI is InChI=1S/C22H23FN2O3/c1-14(2)13-18(26)19-20(17-5-3-4-11-24-17)25(22(28)21(19)27)12-10-15-6-8-16(23)9-7-15/h3-9,11,14,20,27H,10,12-13H2,1-2H3. The quantitative estimate of drug-likeness (QED) is 0.791. The maximum atomic E-state index is 13.1. The van der Waals surface area contributed by atoms with Crippen molar-refractivity contribution in [1.29, 1.82) is 0 Å². The van der Waals surface area contributed by atoms with Gasteiger partial charge in [-0.25, -0.2) is 4.39 Å². The summed E-state index contributed by atoms with van der Waals surface area (Å²) in [6, 6.07) is 10.6. The second kappa shape index (κ2) is 8.33. The number of halogens is 1. The lowest BCUT2D eigenvalue weighted by atomic mass is 9.94. The molecule has 6 heteroatoms. The van der Waals surface area contributed by atoms with E-state index in [-0.39, 0.29) is 36.1 Å². The number of nitrogens with zero attached hydrogens (tertiary/aromatic N) is 2. The summed E-state index contributed by atoms with van der Waals surface area (Å²) in [5.41, 5.74) is 1.50. The summed E-state index contributed by atoms with van der Waals surface area (Å²) in [6.45, 7) is 4.09. The summed E-state index contributed by atoms with van der Waals surface area (Å²) in [6.07, 6.45) is 2.30. The highest BCUT2D eigenvalue weighted by Crippen LogP contribution is 2.37. The molecule has 1 aliphatic rings. The van der Waals surface area contributed by atoms with Gasteiger partial charge in [0.15, 0.2) is 11.5 Å². The third-order valence-electron chi connectivity index (χ3n) is 4.72.